The first-order chi connectivity index (χ1) is 16.3. The standard InChI is InChI=1S/C29H30N2O3/c1-18(2)21-11-13-23(14-12-21)30-27-26(24-15-10-19(3)16-20(24)4)28(32)31(29(27)33)17-22-8-6-7-9-25(22)34-5/h6-16,18,30H,17H2,1-5H3. The molecule has 2 amide bonds. The van der Waals surface area contributed by atoms with Crippen molar-refractivity contribution in [1.82, 2.24) is 4.90 Å². The van der Waals surface area contributed by atoms with Crippen LogP contribution in [0.25, 0.3) is 5.57 Å². The lowest BCUT2D eigenvalue weighted by Gasteiger charge is -2.17. The molecule has 174 valence electrons. The van der Waals surface area contributed by atoms with E-state index in [-0.39, 0.29) is 18.4 Å². The highest BCUT2D eigenvalue weighted by atomic mass is 16.5. The van der Waals surface area contributed by atoms with Gasteiger partial charge in [0.05, 0.1) is 19.2 Å². The van der Waals surface area contributed by atoms with Gasteiger partial charge in [-0.3, -0.25) is 14.5 Å². The van der Waals surface area contributed by atoms with Crippen molar-refractivity contribution in [3.8, 4) is 5.75 Å². The summed E-state index contributed by atoms with van der Waals surface area (Å²) < 4.78 is 5.44. The zero-order valence-corrected chi connectivity index (χ0v) is 20.3. The quantitative estimate of drug-likeness (QED) is 0.457. The topological polar surface area (TPSA) is 58.6 Å². The molecular formula is C29H30N2O3. The van der Waals surface area contributed by atoms with Gasteiger partial charge < -0.3 is 10.1 Å². The van der Waals surface area contributed by atoms with Crippen molar-refractivity contribution < 1.29 is 14.3 Å². The second-order valence-electron chi connectivity index (χ2n) is 8.98. The molecule has 0 aliphatic carbocycles. The van der Waals surface area contributed by atoms with Gasteiger partial charge in [-0.2, -0.15) is 0 Å². The molecule has 3 aromatic carbocycles. The third kappa shape index (κ3) is 4.46. The molecule has 1 heterocycles. The van der Waals surface area contributed by atoms with Crippen LogP contribution in [0.4, 0.5) is 5.69 Å². The molecule has 0 aromatic heterocycles. The molecule has 1 aliphatic rings. The van der Waals surface area contributed by atoms with E-state index < -0.39 is 0 Å². The number of carbonyl (C=O) groups is 2. The summed E-state index contributed by atoms with van der Waals surface area (Å²) in [5.41, 5.74) is 6.24. The first-order valence-electron chi connectivity index (χ1n) is 11.5. The molecule has 0 radical (unpaired) electrons. The molecule has 0 saturated heterocycles. The Bertz CT molecular complexity index is 1270. The van der Waals surface area contributed by atoms with E-state index in [9.17, 15) is 9.59 Å². The summed E-state index contributed by atoms with van der Waals surface area (Å²) in [6.07, 6.45) is 0. The molecule has 3 aromatic rings. The maximum atomic E-state index is 13.7. The van der Waals surface area contributed by atoms with Crippen LogP contribution in [0, 0.1) is 13.8 Å². The highest BCUT2D eigenvalue weighted by Gasteiger charge is 2.40. The minimum absolute atomic E-state index is 0.132. The Kier molecular flexibility index (Phi) is 6.55. The van der Waals surface area contributed by atoms with Crippen LogP contribution in [0.5, 0.6) is 5.75 Å². The Morgan fingerprint density at radius 3 is 2.26 bits per heavy atom. The van der Waals surface area contributed by atoms with Crippen LogP contribution < -0.4 is 10.1 Å². The normalized spacial score (nSPS) is 13.8. The minimum atomic E-state index is -0.348. The van der Waals surface area contributed by atoms with E-state index in [4.69, 9.17) is 4.74 Å². The number of carbonyl (C=O) groups excluding carboxylic acids is 2. The number of methoxy groups -OCH3 is 1. The Hall–Kier alpha value is -3.86. The molecule has 0 unspecified atom stereocenters. The van der Waals surface area contributed by atoms with E-state index in [1.54, 1.807) is 7.11 Å². The molecule has 0 spiro atoms. The van der Waals surface area contributed by atoms with E-state index >= 15 is 0 Å². The van der Waals surface area contributed by atoms with Crippen LogP contribution in [-0.4, -0.2) is 23.8 Å². The number of para-hydroxylation sites is 1. The first kappa shape index (κ1) is 23.3. The Labute approximate surface area is 201 Å². The summed E-state index contributed by atoms with van der Waals surface area (Å²) in [4.78, 5) is 28.6. The number of hydrogen-bond donors (Lipinski definition) is 1. The van der Waals surface area contributed by atoms with Crippen molar-refractivity contribution in [2.24, 2.45) is 0 Å². The largest absolute Gasteiger partial charge is 0.496 e. The number of ether oxygens (including phenoxy) is 1. The number of amides is 2. The van der Waals surface area contributed by atoms with Crippen LogP contribution in [0.2, 0.25) is 0 Å². The van der Waals surface area contributed by atoms with Gasteiger partial charge in [0.2, 0.25) is 0 Å². The van der Waals surface area contributed by atoms with E-state index in [1.165, 1.54) is 10.5 Å². The molecule has 1 N–H and O–H groups in total. The van der Waals surface area contributed by atoms with Gasteiger partial charge >= 0.3 is 0 Å². The van der Waals surface area contributed by atoms with Gasteiger partial charge in [-0.15, -0.1) is 0 Å². The molecular weight excluding hydrogens is 424 g/mol. The summed E-state index contributed by atoms with van der Waals surface area (Å²) in [7, 11) is 1.58. The minimum Gasteiger partial charge on any atom is -0.496 e. The third-order valence-corrected chi connectivity index (χ3v) is 6.19. The number of rotatable bonds is 7. The fraction of sp³-hybridized carbons (Fsp3) is 0.241. The van der Waals surface area contributed by atoms with Gasteiger partial charge in [-0.05, 0) is 54.7 Å². The highest BCUT2D eigenvalue weighted by molar-refractivity contribution is 6.36. The molecule has 0 fully saturated rings. The molecule has 0 saturated carbocycles. The molecule has 1 aliphatic heterocycles. The fourth-order valence-corrected chi connectivity index (χ4v) is 4.28. The zero-order chi connectivity index (χ0) is 24.4. The molecule has 4 rings (SSSR count). The predicted octanol–water partition coefficient (Wildman–Crippen LogP) is 5.83. The Morgan fingerprint density at radius 2 is 1.62 bits per heavy atom. The van der Waals surface area contributed by atoms with Crippen LogP contribution >= 0.6 is 0 Å². The van der Waals surface area contributed by atoms with Gasteiger partial charge in [0.25, 0.3) is 11.8 Å². The zero-order valence-electron chi connectivity index (χ0n) is 20.3. The number of benzene rings is 3. The number of nitrogens with zero attached hydrogens (tertiary/aromatic N) is 1. The van der Waals surface area contributed by atoms with Crippen molar-refractivity contribution in [3.05, 3.63) is 100 Å². The summed E-state index contributed by atoms with van der Waals surface area (Å²) in [5.74, 6) is 0.384. The fourth-order valence-electron chi connectivity index (χ4n) is 4.28. The lowest BCUT2D eigenvalue weighted by Crippen LogP contribution is -2.32. The van der Waals surface area contributed by atoms with Crippen LogP contribution in [0.3, 0.4) is 0 Å². The molecule has 5 nitrogen and oxygen atoms in total. The van der Waals surface area contributed by atoms with E-state index in [1.807, 2.05) is 80.6 Å². The molecule has 5 heteroatoms. The number of nitrogens with one attached hydrogen (secondary N) is 1. The van der Waals surface area contributed by atoms with E-state index in [0.29, 0.717) is 22.9 Å². The van der Waals surface area contributed by atoms with Gasteiger partial charge in [0.1, 0.15) is 11.4 Å². The number of hydrogen-bond acceptors (Lipinski definition) is 4. The second kappa shape index (κ2) is 9.56. The summed E-state index contributed by atoms with van der Waals surface area (Å²) in [6, 6.07) is 21.3. The van der Waals surface area contributed by atoms with E-state index in [0.717, 1.165) is 27.9 Å². The lowest BCUT2D eigenvalue weighted by atomic mass is 9.97. The Morgan fingerprint density at radius 1 is 0.912 bits per heavy atom. The maximum absolute atomic E-state index is 13.7. The third-order valence-electron chi connectivity index (χ3n) is 6.19. The van der Waals surface area contributed by atoms with Crippen molar-refractivity contribution >= 4 is 23.1 Å². The molecule has 34 heavy (non-hydrogen) atoms. The van der Waals surface area contributed by atoms with Crippen molar-refractivity contribution in [2.75, 3.05) is 12.4 Å². The molecule has 0 atom stereocenters. The number of imide groups is 1. The van der Waals surface area contributed by atoms with Crippen molar-refractivity contribution in [2.45, 2.75) is 40.2 Å². The molecule has 0 bridgehead atoms. The van der Waals surface area contributed by atoms with Crippen molar-refractivity contribution in [1.29, 1.82) is 0 Å². The number of aryl methyl sites for hydroxylation is 2. The maximum Gasteiger partial charge on any atom is 0.278 e. The number of anilines is 1. The first-order valence-corrected chi connectivity index (χ1v) is 11.5. The van der Waals surface area contributed by atoms with Gasteiger partial charge in [0.15, 0.2) is 0 Å². The van der Waals surface area contributed by atoms with Crippen LogP contribution in [0.15, 0.2) is 72.4 Å². The summed E-state index contributed by atoms with van der Waals surface area (Å²) >= 11 is 0. The summed E-state index contributed by atoms with van der Waals surface area (Å²) in [6.45, 7) is 8.38. The average Bonchev–Trinajstić information content (AvgIpc) is 3.04. The monoisotopic (exact) mass is 454 g/mol. The van der Waals surface area contributed by atoms with Gasteiger partial charge in [0, 0.05) is 11.3 Å². The Balaban J connectivity index is 1.76. The smallest absolute Gasteiger partial charge is 0.278 e. The SMILES string of the molecule is COc1ccccc1CN1C(=O)C(Nc2ccc(C(C)C)cc2)=C(c2ccc(C)cc2C)C1=O. The van der Waals surface area contributed by atoms with Crippen LogP contribution in [0.1, 0.15) is 47.6 Å². The van der Waals surface area contributed by atoms with E-state index in [2.05, 4.69) is 19.2 Å². The second-order valence-corrected chi connectivity index (χ2v) is 8.98. The predicted molar refractivity (Wildman–Crippen MR) is 136 cm³/mol. The van der Waals surface area contributed by atoms with Crippen molar-refractivity contribution in [3.63, 3.8) is 0 Å². The average molecular weight is 455 g/mol. The lowest BCUT2D eigenvalue weighted by molar-refractivity contribution is -0.137. The van der Waals surface area contributed by atoms with Crippen LogP contribution in [-0.2, 0) is 16.1 Å². The van der Waals surface area contributed by atoms with Gasteiger partial charge in [-0.1, -0.05) is 67.9 Å². The highest BCUT2D eigenvalue weighted by Crippen LogP contribution is 2.34. The van der Waals surface area contributed by atoms with Gasteiger partial charge in [-0.25, -0.2) is 0 Å². The summed E-state index contributed by atoms with van der Waals surface area (Å²) in [5, 5.41) is 3.26.